The zero-order valence-corrected chi connectivity index (χ0v) is 16.4. The first-order valence-electron chi connectivity index (χ1n) is 10.3. The Bertz CT molecular complexity index is 753. The zero-order valence-electron chi connectivity index (χ0n) is 16.4. The van der Waals surface area contributed by atoms with E-state index in [1.165, 1.54) is 11.1 Å². The summed E-state index contributed by atoms with van der Waals surface area (Å²) >= 11 is 0. The highest BCUT2D eigenvalue weighted by Crippen LogP contribution is 2.36. The van der Waals surface area contributed by atoms with Crippen molar-refractivity contribution in [3.63, 3.8) is 0 Å². The SMILES string of the molecule is OCCC1CN(Cc2cccc3c2OCO3)CCN1CCCc1ccccc1. The van der Waals surface area contributed by atoms with E-state index in [0.29, 0.717) is 12.8 Å². The van der Waals surface area contributed by atoms with Gasteiger partial charge in [-0.3, -0.25) is 9.80 Å². The van der Waals surface area contributed by atoms with Crippen LogP contribution >= 0.6 is 0 Å². The number of ether oxygens (including phenoxy) is 2. The van der Waals surface area contributed by atoms with Gasteiger partial charge in [-0.2, -0.15) is 0 Å². The Hall–Kier alpha value is -2.08. The van der Waals surface area contributed by atoms with Crippen LogP contribution in [0.25, 0.3) is 0 Å². The Balaban J connectivity index is 1.32. The second-order valence-electron chi connectivity index (χ2n) is 7.68. The Morgan fingerprint density at radius 3 is 2.75 bits per heavy atom. The van der Waals surface area contributed by atoms with Gasteiger partial charge < -0.3 is 14.6 Å². The lowest BCUT2D eigenvalue weighted by Gasteiger charge is -2.41. The minimum Gasteiger partial charge on any atom is -0.454 e. The highest BCUT2D eigenvalue weighted by atomic mass is 16.7. The minimum absolute atomic E-state index is 0.241. The van der Waals surface area contributed by atoms with Crippen molar-refractivity contribution in [2.45, 2.75) is 31.8 Å². The molecular weight excluding hydrogens is 352 g/mol. The molecule has 0 saturated carbocycles. The third-order valence-corrected chi connectivity index (χ3v) is 5.78. The van der Waals surface area contributed by atoms with Gasteiger partial charge in [0, 0.05) is 44.4 Å². The molecule has 0 radical (unpaired) electrons. The molecule has 2 heterocycles. The fourth-order valence-electron chi connectivity index (χ4n) is 4.31. The van der Waals surface area contributed by atoms with Gasteiger partial charge in [0.15, 0.2) is 11.5 Å². The van der Waals surface area contributed by atoms with Crippen LogP contribution in [0.3, 0.4) is 0 Å². The molecule has 150 valence electrons. The van der Waals surface area contributed by atoms with Crippen LogP contribution in [0.2, 0.25) is 0 Å². The number of fused-ring (bicyclic) bond motifs is 1. The summed E-state index contributed by atoms with van der Waals surface area (Å²) in [6.07, 6.45) is 3.10. The first-order chi connectivity index (χ1) is 13.8. The van der Waals surface area contributed by atoms with Gasteiger partial charge in [-0.1, -0.05) is 42.5 Å². The maximum Gasteiger partial charge on any atom is 0.231 e. The normalized spacial score (nSPS) is 19.8. The van der Waals surface area contributed by atoms with Crippen LogP contribution in [0.15, 0.2) is 48.5 Å². The van der Waals surface area contributed by atoms with Crippen molar-refractivity contribution >= 4 is 0 Å². The number of benzene rings is 2. The van der Waals surface area contributed by atoms with E-state index in [2.05, 4.69) is 46.2 Å². The lowest BCUT2D eigenvalue weighted by atomic mass is 10.1. The van der Waals surface area contributed by atoms with Crippen molar-refractivity contribution in [2.24, 2.45) is 0 Å². The Morgan fingerprint density at radius 1 is 1.00 bits per heavy atom. The maximum atomic E-state index is 9.56. The van der Waals surface area contributed by atoms with Gasteiger partial charge in [-0.25, -0.2) is 0 Å². The Kier molecular flexibility index (Phi) is 6.47. The molecule has 2 aliphatic heterocycles. The van der Waals surface area contributed by atoms with Crippen LogP contribution in [0, 0.1) is 0 Å². The summed E-state index contributed by atoms with van der Waals surface area (Å²) in [5, 5.41) is 9.56. The monoisotopic (exact) mass is 382 g/mol. The number of nitrogens with zero attached hydrogens (tertiary/aromatic N) is 2. The van der Waals surface area contributed by atoms with Gasteiger partial charge in [0.25, 0.3) is 0 Å². The summed E-state index contributed by atoms with van der Waals surface area (Å²) in [6, 6.07) is 17.2. The molecule has 0 spiro atoms. The number of hydrogen-bond acceptors (Lipinski definition) is 5. The van der Waals surface area contributed by atoms with Crippen LogP contribution in [0.1, 0.15) is 24.0 Å². The molecule has 2 aromatic rings. The molecule has 5 nitrogen and oxygen atoms in total. The third kappa shape index (κ3) is 4.66. The molecular formula is C23H30N2O3. The maximum absolute atomic E-state index is 9.56. The first kappa shape index (κ1) is 19.2. The quantitative estimate of drug-likeness (QED) is 0.761. The summed E-state index contributed by atoms with van der Waals surface area (Å²) < 4.78 is 11.2. The lowest BCUT2D eigenvalue weighted by molar-refractivity contribution is 0.0542. The summed E-state index contributed by atoms with van der Waals surface area (Å²) in [7, 11) is 0. The summed E-state index contributed by atoms with van der Waals surface area (Å²) in [5.74, 6) is 1.75. The number of hydrogen-bond donors (Lipinski definition) is 1. The molecule has 5 heteroatoms. The van der Waals surface area contributed by atoms with Crippen LogP contribution in [-0.4, -0.2) is 60.5 Å². The highest BCUT2D eigenvalue weighted by Gasteiger charge is 2.27. The number of aliphatic hydroxyl groups is 1. The minimum atomic E-state index is 0.241. The van der Waals surface area contributed by atoms with E-state index in [0.717, 1.165) is 63.5 Å². The van der Waals surface area contributed by atoms with Crippen LogP contribution in [0.4, 0.5) is 0 Å². The van der Waals surface area contributed by atoms with Gasteiger partial charge in [0.1, 0.15) is 0 Å². The molecule has 0 amide bonds. The number of rotatable bonds is 8. The van der Waals surface area contributed by atoms with Gasteiger partial charge >= 0.3 is 0 Å². The topological polar surface area (TPSA) is 45.2 Å². The van der Waals surface area contributed by atoms with Crippen LogP contribution in [0.5, 0.6) is 11.5 Å². The van der Waals surface area contributed by atoms with E-state index >= 15 is 0 Å². The van der Waals surface area contributed by atoms with Crippen molar-refractivity contribution in [3.8, 4) is 11.5 Å². The average molecular weight is 383 g/mol. The molecule has 1 saturated heterocycles. The summed E-state index contributed by atoms with van der Waals surface area (Å²) in [4.78, 5) is 5.04. The van der Waals surface area contributed by atoms with E-state index in [1.807, 2.05) is 12.1 Å². The predicted octanol–water partition coefficient (Wildman–Crippen LogP) is 2.92. The molecule has 0 aliphatic carbocycles. The van der Waals surface area contributed by atoms with E-state index in [-0.39, 0.29) is 6.61 Å². The standard InChI is InChI=1S/C23H30N2O3/c26-15-11-21-17-24(16-20-9-4-10-22-23(20)28-18-27-22)13-14-25(21)12-5-8-19-6-2-1-3-7-19/h1-4,6-7,9-10,21,26H,5,8,11-18H2. The average Bonchev–Trinajstić information content (AvgIpc) is 3.21. The molecule has 0 bridgehead atoms. The fourth-order valence-corrected chi connectivity index (χ4v) is 4.31. The summed E-state index contributed by atoms with van der Waals surface area (Å²) in [6.45, 7) is 5.58. The molecule has 1 atom stereocenters. The van der Waals surface area contributed by atoms with E-state index in [9.17, 15) is 5.11 Å². The number of para-hydroxylation sites is 1. The van der Waals surface area contributed by atoms with Crippen molar-refractivity contribution in [1.29, 1.82) is 0 Å². The fraction of sp³-hybridized carbons (Fsp3) is 0.478. The second kappa shape index (κ2) is 9.41. The molecule has 28 heavy (non-hydrogen) atoms. The predicted molar refractivity (Wildman–Crippen MR) is 110 cm³/mol. The number of aliphatic hydroxyl groups excluding tert-OH is 1. The van der Waals surface area contributed by atoms with E-state index in [4.69, 9.17) is 9.47 Å². The smallest absolute Gasteiger partial charge is 0.231 e. The van der Waals surface area contributed by atoms with Gasteiger partial charge in [0.05, 0.1) is 0 Å². The lowest BCUT2D eigenvalue weighted by Crippen LogP contribution is -2.53. The Morgan fingerprint density at radius 2 is 1.89 bits per heavy atom. The van der Waals surface area contributed by atoms with Gasteiger partial charge in [-0.05, 0) is 37.4 Å². The van der Waals surface area contributed by atoms with Gasteiger partial charge in [-0.15, -0.1) is 0 Å². The van der Waals surface area contributed by atoms with Crippen LogP contribution in [-0.2, 0) is 13.0 Å². The number of aryl methyl sites for hydroxylation is 1. The molecule has 0 aromatic heterocycles. The van der Waals surface area contributed by atoms with E-state index < -0.39 is 0 Å². The molecule has 4 rings (SSSR count). The second-order valence-corrected chi connectivity index (χ2v) is 7.68. The van der Waals surface area contributed by atoms with Crippen LogP contribution < -0.4 is 9.47 Å². The first-order valence-corrected chi connectivity index (χ1v) is 10.3. The molecule has 1 fully saturated rings. The molecule has 2 aliphatic rings. The molecule has 2 aromatic carbocycles. The largest absolute Gasteiger partial charge is 0.454 e. The zero-order chi connectivity index (χ0) is 19.2. The Labute approximate surface area is 167 Å². The van der Waals surface area contributed by atoms with Crippen molar-refractivity contribution < 1.29 is 14.6 Å². The van der Waals surface area contributed by atoms with Crippen molar-refractivity contribution in [3.05, 3.63) is 59.7 Å². The number of piperazine rings is 1. The summed E-state index contributed by atoms with van der Waals surface area (Å²) in [5.41, 5.74) is 2.59. The van der Waals surface area contributed by atoms with Crippen molar-refractivity contribution in [1.82, 2.24) is 9.80 Å². The third-order valence-electron chi connectivity index (χ3n) is 5.78. The highest BCUT2D eigenvalue weighted by molar-refractivity contribution is 5.48. The molecule has 1 unspecified atom stereocenters. The molecule has 1 N–H and O–H groups in total. The van der Waals surface area contributed by atoms with E-state index in [1.54, 1.807) is 0 Å². The van der Waals surface area contributed by atoms with Crippen molar-refractivity contribution in [2.75, 3.05) is 39.6 Å². The van der Waals surface area contributed by atoms with Gasteiger partial charge in [0.2, 0.25) is 6.79 Å².